The lowest BCUT2D eigenvalue weighted by Crippen LogP contribution is -2.50. The van der Waals surface area contributed by atoms with Gasteiger partial charge in [-0.25, -0.2) is 13.4 Å². The van der Waals surface area contributed by atoms with Gasteiger partial charge in [0.1, 0.15) is 0 Å². The molecule has 144 valence electrons. The minimum absolute atomic E-state index is 0.189. The van der Waals surface area contributed by atoms with E-state index in [0.717, 1.165) is 11.1 Å². The lowest BCUT2D eigenvalue weighted by atomic mass is 10.2. The number of aromatic nitrogens is 2. The first-order chi connectivity index (χ1) is 12.9. The number of carbonyl (C=O) groups excluding carboxylic acids is 1. The van der Waals surface area contributed by atoms with Gasteiger partial charge in [-0.15, -0.1) is 0 Å². The van der Waals surface area contributed by atoms with Gasteiger partial charge in [0.2, 0.25) is 15.9 Å². The average Bonchev–Trinajstić information content (AvgIpc) is 2.62. The number of anilines is 1. The molecule has 1 saturated heterocycles. The van der Waals surface area contributed by atoms with Gasteiger partial charge in [0.05, 0.1) is 17.6 Å². The van der Waals surface area contributed by atoms with Gasteiger partial charge >= 0.3 is 0 Å². The largest absolute Gasteiger partial charge is 0.308 e. The van der Waals surface area contributed by atoms with Crippen molar-refractivity contribution in [2.75, 3.05) is 38.0 Å². The highest BCUT2D eigenvalue weighted by molar-refractivity contribution is 7.89. The fourth-order valence-corrected chi connectivity index (χ4v) is 4.73. The Labute approximate surface area is 159 Å². The van der Waals surface area contributed by atoms with Gasteiger partial charge in [-0.2, -0.15) is 4.31 Å². The van der Waals surface area contributed by atoms with Gasteiger partial charge in [-0.05, 0) is 25.5 Å². The van der Waals surface area contributed by atoms with E-state index in [4.69, 9.17) is 0 Å². The molecule has 8 nitrogen and oxygen atoms in total. The highest BCUT2D eigenvalue weighted by Crippen LogP contribution is 2.22. The lowest BCUT2D eigenvalue weighted by molar-refractivity contribution is -0.117. The number of hydrogen-bond donors (Lipinski definition) is 1. The molecular weight excluding hydrogens is 366 g/mol. The number of carbonyl (C=O) groups is 1. The van der Waals surface area contributed by atoms with Crippen LogP contribution in [-0.4, -0.2) is 66.2 Å². The molecule has 0 spiro atoms. The zero-order chi connectivity index (χ0) is 19.4. The van der Waals surface area contributed by atoms with Gasteiger partial charge in [-0.3, -0.25) is 14.7 Å². The van der Waals surface area contributed by atoms with E-state index in [1.807, 2.05) is 30.9 Å². The Bertz CT molecular complexity index is 910. The third-order valence-electron chi connectivity index (χ3n) is 4.48. The van der Waals surface area contributed by atoms with Crippen molar-refractivity contribution < 1.29 is 13.2 Å². The summed E-state index contributed by atoms with van der Waals surface area (Å²) in [5.74, 6) is 0.208. The minimum atomic E-state index is -3.52. The molecule has 2 heterocycles. The van der Waals surface area contributed by atoms with Crippen LogP contribution in [0.3, 0.4) is 0 Å². The molecule has 27 heavy (non-hydrogen) atoms. The van der Waals surface area contributed by atoms with Crippen LogP contribution in [0.4, 0.5) is 5.82 Å². The van der Waals surface area contributed by atoms with Crippen LogP contribution in [0.2, 0.25) is 0 Å². The number of sulfonamides is 1. The number of amides is 1. The molecule has 1 aromatic heterocycles. The fraction of sp³-hybridized carbons (Fsp3) is 0.389. The molecule has 0 atom stereocenters. The van der Waals surface area contributed by atoms with E-state index in [9.17, 15) is 13.2 Å². The van der Waals surface area contributed by atoms with E-state index in [1.165, 1.54) is 22.9 Å². The van der Waals surface area contributed by atoms with E-state index >= 15 is 0 Å². The monoisotopic (exact) mass is 389 g/mol. The fourth-order valence-electron chi connectivity index (χ4n) is 3.10. The first-order valence-electron chi connectivity index (χ1n) is 8.72. The van der Waals surface area contributed by atoms with Crippen LogP contribution in [0.25, 0.3) is 0 Å². The van der Waals surface area contributed by atoms with E-state index < -0.39 is 10.0 Å². The van der Waals surface area contributed by atoms with Crippen molar-refractivity contribution in [2.24, 2.45) is 0 Å². The maximum absolute atomic E-state index is 12.9. The summed E-state index contributed by atoms with van der Waals surface area (Å²) >= 11 is 0. The number of benzene rings is 1. The minimum Gasteiger partial charge on any atom is -0.308 e. The lowest BCUT2D eigenvalue weighted by Gasteiger charge is -2.33. The summed E-state index contributed by atoms with van der Waals surface area (Å²) in [6, 6.07) is 5.35. The van der Waals surface area contributed by atoms with Gasteiger partial charge in [0.25, 0.3) is 0 Å². The molecule has 2 aromatic rings. The number of hydrogen-bond acceptors (Lipinski definition) is 6. The third-order valence-corrected chi connectivity index (χ3v) is 6.54. The standard InChI is InChI=1S/C18H23N5O3S/c1-14-3-4-16(15(2)11-14)27(25,26)23-9-7-22(8-10-23)13-18(24)21-17-12-19-5-6-20-17/h3-6,11-12H,7-10,13H2,1-2H3,(H,20,21,24). The van der Waals surface area contributed by atoms with Crippen LogP contribution in [0.1, 0.15) is 11.1 Å². The van der Waals surface area contributed by atoms with Crippen molar-refractivity contribution in [1.29, 1.82) is 0 Å². The maximum Gasteiger partial charge on any atom is 0.243 e. The van der Waals surface area contributed by atoms with Crippen molar-refractivity contribution in [2.45, 2.75) is 18.7 Å². The molecule has 3 rings (SSSR count). The summed E-state index contributed by atoms with van der Waals surface area (Å²) in [6.07, 6.45) is 4.52. The van der Waals surface area contributed by atoms with E-state index in [0.29, 0.717) is 36.9 Å². The zero-order valence-electron chi connectivity index (χ0n) is 15.4. The summed E-state index contributed by atoms with van der Waals surface area (Å²) in [6.45, 7) is 5.65. The van der Waals surface area contributed by atoms with Crippen molar-refractivity contribution in [3.05, 3.63) is 47.9 Å². The summed E-state index contributed by atoms with van der Waals surface area (Å²) in [5, 5.41) is 2.68. The van der Waals surface area contributed by atoms with Crippen LogP contribution in [0.5, 0.6) is 0 Å². The van der Waals surface area contributed by atoms with Gasteiger partial charge in [0.15, 0.2) is 5.82 Å². The van der Waals surface area contributed by atoms with Crippen LogP contribution in [-0.2, 0) is 14.8 Å². The second kappa shape index (κ2) is 8.12. The Kier molecular flexibility index (Phi) is 5.83. The Balaban J connectivity index is 1.57. The molecule has 1 aliphatic rings. The summed E-state index contributed by atoms with van der Waals surface area (Å²) in [7, 11) is -3.52. The number of nitrogens with one attached hydrogen (secondary N) is 1. The Morgan fingerprint density at radius 1 is 1.15 bits per heavy atom. The van der Waals surface area contributed by atoms with Crippen LogP contribution < -0.4 is 5.32 Å². The molecule has 0 saturated carbocycles. The molecule has 1 aliphatic heterocycles. The van der Waals surface area contributed by atoms with Crippen molar-refractivity contribution in [3.63, 3.8) is 0 Å². The van der Waals surface area contributed by atoms with Crippen LogP contribution in [0.15, 0.2) is 41.7 Å². The number of rotatable bonds is 5. The molecule has 0 bridgehead atoms. The Morgan fingerprint density at radius 2 is 1.89 bits per heavy atom. The molecule has 1 fully saturated rings. The van der Waals surface area contributed by atoms with Crippen molar-refractivity contribution >= 4 is 21.7 Å². The second-order valence-corrected chi connectivity index (χ2v) is 8.49. The molecule has 1 aromatic carbocycles. The first kappa shape index (κ1) is 19.4. The summed E-state index contributed by atoms with van der Waals surface area (Å²) in [4.78, 5) is 22.3. The van der Waals surface area contributed by atoms with Crippen molar-refractivity contribution in [3.8, 4) is 0 Å². The molecule has 0 radical (unpaired) electrons. The Hall–Kier alpha value is -2.36. The predicted molar refractivity (Wildman–Crippen MR) is 102 cm³/mol. The van der Waals surface area contributed by atoms with E-state index in [-0.39, 0.29) is 12.5 Å². The summed E-state index contributed by atoms with van der Waals surface area (Å²) in [5.41, 5.74) is 1.78. The summed E-state index contributed by atoms with van der Waals surface area (Å²) < 4.78 is 27.3. The van der Waals surface area contributed by atoms with Crippen LogP contribution >= 0.6 is 0 Å². The van der Waals surface area contributed by atoms with Crippen molar-refractivity contribution in [1.82, 2.24) is 19.2 Å². The molecule has 1 amide bonds. The first-order valence-corrected chi connectivity index (χ1v) is 10.2. The van der Waals surface area contributed by atoms with Gasteiger partial charge in [-0.1, -0.05) is 17.7 Å². The average molecular weight is 389 g/mol. The highest BCUT2D eigenvalue weighted by atomic mass is 32.2. The maximum atomic E-state index is 12.9. The molecule has 9 heteroatoms. The normalized spacial score (nSPS) is 16.2. The molecule has 1 N–H and O–H groups in total. The SMILES string of the molecule is Cc1ccc(S(=O)(=O)N2CCN(CC(=O)Nc3cnccn3)CC2)c(C)c1. The quantitative estimate of drug-likeness (QED) is 0.821. The molecule has 0 aliphatic carbocycles. The number of nitrogens with zero attached hydrogens (tertiary/aromatic N) is 4. The number of piperazine rings is 1. The Morgan fingerprint density at radius 3 is 2.52 bits per heavy atom. The topological polar surface area (TPSA) is 95.5 Å². The zero-order valence-corrected chi connectivity index (χ0v) is 16.2. The molecule has 0 unspecified atom stereocenters. The van der Waals surface area contributed by atoms with Crippen LogP contribution in [0, 0.1) is 13.8 Å². The number of aryl methyl sites for hydroxylation is 2. The predicted octanol–water partition coefficient (Wildman–Crippen LogP) is 1.04. The van der Waals surface area contributed by atoms with E-state index in [1.54, 1.807) is 6.07 Å². The third kappa shape index (κ3) is 4.68. The molecular formula is C18H23N5O3S. The van der Waals surface area contributed by atoms with Gasteiger partial charge in [0, 0.05) is 38.6 Å². The smallest absolute Gasteiger partial charge is 0.243 e. The second-order valence-electron chi connectivity index (χ2n) is 6.59. The van der Waals surface area contributed by atoms with E-state index in [2.05, 4.69) is 15.3 Å². The van der Waals surface area contributed by atoms with Gasteiger partial charge < -0.3 is 5.32 Å². The highest BCUT2D eigenvalue weighted by Gasteiger charge is 2.30.